The fourth-order valence-electron chi connectivity index (χ4n) is 1.81. The Balaban J connectivity index is 1.68. The minimum absolute atomic E-state index is 0.0912. The summed E-state index contributed by atoms with van der Waals surface area (Å²) >= 11 is 2.85. The summed E-state index contributed by atoms with van der Waals surface area (Å²) in [5.41, 5.74) is 0. The molecule has 0 unspecified atom stereocenters. The average molecular weight is 368 g/mol. The molecule has 130 valence electrons. The number of imide groups is 1. The van der Waals surface area contributed by atoms with Crippen molar-refractivity contribution in [3.63, 3.8) is 0 Å². The molecule has 2 aromatic rings. The second kappa shape index (κ2) is 9.43. The molecule has 0 saturated carbocycles. The molecule has 0 aliphatic rings. The monoisotopic (exact) mass is 367 g/mol. The minimum atomic E-state index is -0.463. The van der Waals surface area contributed by atoms with Gasteiger partial charge in [-0.15, -0.1) is 16.4 Å². The van der Waals surface area contributed by atoms with E-state index in [4.69, 9.17) is 0 Å². The predicted molar refractivity (Wildman–Crippen MR) is 95.2 cm³/mol. The van der Waals surface area contributed by atoms with Crippen molar-refractivity contribution in [1.29, 1.82) is 0 Å². The van der Waals surface area contributed by atoms with Gasteiger partial charge in [0.05, 0.1) is 5.75 Å². The standard InChI is InChI=1S/C15H21N5O2S2/c1-10(2)5-6-16-14(22)18-13(21)9-24-15-17-12(19-20-15)8-11-4-3-7-23-11/h3-4,7,10H,5-6,8-9H2,1-2H3,(H,17,19,20)(H2,16,18,21,22). The van der Waals surface area contributed by atoms with E-state index in [1.165, 1.54) is 16.6 Å². The third kappa shape index (κ3) is 6.71. The topological polar surface area (TPSA) is 99.8 Å². The van der Waals surface area contributed by atoms with Crippen LogP contribution < -0.4 is 10.6 Å². The van der Waals surface area contributed by atoms with Gasteiger partial charge in [-0.05, 0) is 23.8 Å². The quantitative estimate of drug-likeness (QED) is 0.622. The van der Waals surface area contributed by atoms with Crippen LogP contribution in [0.15, 0.2) is 22.7 Å². The Morgan fingerprint density at radius 3 is 2.96 bits per heavy atom. The van der Waals surface area contributed by atoms with Gasteiger partial charge in [-0.1, -0.05) is 31.7 Å². The van der Waals surface area contributed by atoms with E-state index in [2.05, 4.69) is 39.7 Å². The lowest BCUT2D eigenvalue weighted by Crippen LogP contribution is -2.40. The molecule has 3 amide bonds. The summed E-state index contributed by atoms with van der Waals surface area (Å²) in [6.07, 6.45) is 1.57. The van der Waals surface area contributed by atoms with Crippen LogP contribution >= 0.6 is 23.1 Å². The van der Waals surface area contributed by atoms with Crippen molar-refractivity contribution in [2.45, 2.75) is 31.8 Å². The van der Waals surface area contributed by atoms with Crippen molar-refractivity contribution >= 4 is 35.0 Å². The number of aromatic nitrogens is 3. The van der Waals surface area contributed by atoms with Crippen molar-refractivity contribution in [2.24, 2.45) is 5.92 Å². The van der Waals surface area contributed by atoms with Gasteiger partial charge in [0.1, 0.15) is 5.82 Å². The van der Waals surface area contributed by atoms with E-state index in [-0.39, 0.29) is 11.7 Å². The van der Waals surface area contributed by atoms with Crippen LogP contribution in [0.5, 0.6) is 0 Å². The summed E-state index contributed by atoms with van der Waals surface area (Å²) < 4.78 is 0. The molecule has 2 heterocycles. The molecule has 0 aromatic carbocycles. The van der Waals surface area contributed by atoms with Gasteiger partial charge in [-0.3, -0.25) is 15.2 Å². The van der Waals surface area contributed by atoms with Gasteiger partial charge in [-0.25, -0.2) is 9.78 Å². The smallest absolute Gasteiger partial charge is 0.321 e. The third-order valence-electron chi connectivity index (χ3n) is 3.03. The third-order valence-corrected chi connectivity index (χ3v) is 4.75. The highest BCUT2D eigenvalue weighted by Crippen LogP contribution is 2.15. The summed E-state index contributed by atoms with van der Waals surface area (Å²) in [7, 11) is 0. The Kier molecular flexibility index (Phi) is 7.26. The van der Waals surface area contributed by atoms with E-state index in [0.29, 0.717) is 24.0 Å². The van der Waals surface area contributed by atoms with E-state index >= 15 is 0 Å². The van der Waals surface area contributed by atoms with Gasteiger partial charge < -0.3 is 5.32 Å². The number of hydrogen-bond donors (Lipinski definition) is 3. The fourth-order valence-corrected chi connectivity index (χ4v) is 3.14. The van der Waals surface area contributed by atoms with E-state index in [9.17, 15) is 9.59 Å². The first kappa shape index (κ1) is 18.5. The molecular weight excluding hydrogens is 346 g/mol. The largest absolute Gasteiger partial charge is 0.338 e. The summed E-state index contributed by atoms with van der Waals surface area (Å²) in [5, 5.41) is 14.4. The summed E-state index contributed by atoms with van der Waals surface area (Å²) in [4.78, 5) is 28.8. The molecule has 7 nitrogen and oxygen atoms in total. The first-order valence-electron chi connectivity index (χ1n) is 7.67. The Bertz CT molecular complexity index is 655. The molecule has 0 aliphatic carbocycles. The second-order valence-corrected chi connectivity index (χ2v) is 7.57. The first-order valence-corrected chi connectivity index (χ1v) is 9.53. The molecule has 0 aliphatic heterocycles. The van der Waals surface area contributed by atoms with Crippen LogP contribution in [0.2, 0.25) is 0 Å². The number of thiophene rings is 1. The zero-order valence-corrected chi connectivity index (χ0v) is 15.3. The van der Waals surface area contributed by atoms with Crippen molar-refractivity contribution in [2.75, 3.05) is 12.3 Å². The van der Waals surface area contributed by atoms with E-state index in [1.54, 1.807) is 11.3 Å². The van der Waals surface area contributed by atoms with Crippen molar-refractivity contribution < 1.29 is 9.59 Å². The zero-order valence-electron chi connectivity index (χ0n) is 13.7. The van der Waals surface area contributed by atoms with Gasteiger partial charge >= 0.3 is 6.03 Å². The molecule has 2 aromatic heterocycles. The highest BCUT2D eigenvalue weighted by Gasteiger charge is 2.11. The molecule has 0 atom stereocenters. The van der Waals surface area contributed by atoms with Crippen LogP contribution in [0.1, 0.15) is 31.0 Å². The molecular formula is C15H21N5O2S2. The Morgan fingerprint density at radius 1 is 1.42 bits per heavy atom. The Hall–Kier alpha value is -1.87. The number of amides is 3. The molecule has 0 bridgehead atoms. The van der Waals surface area contributed by atoms with Gasteiger partial charge in [0.15, 0.2) is 0 Å². The molecule has 2 rings (SSSR count). The minimum Gasteiger partial charge on any atom is -0.338 e. The number of urea groups is 1. The molecule has 0 saturated heterocycles. The number of hydrogen-bond acceptors (Lipinski definition) is 6. The predicted octanol–water partition coefficient (Wildman–Crippen LogP) is 2.42. The van der Waals surface area contributed by atoms with Crippen molar-refractivity contribution in [1.82, 2.24) is 25.8 Å². The summed E-state index contributed by atoms with van der Waals surface area (Å²) in [6, 6.07) is 3.56. The van der Waals surface area contributed by atoms with Crippen LogP contribution in [-0.2, 0) is 11.2 Å². The highest BCUT2D eigenvalue weighted by molar-refractivity contribution is 7.99. The zero-order chi connectivity index (χ0) is 17.4. The van der Waals surface area contributed by atoms with Crippen LogP contribution in [0.25, 0.3) is 0 Å². The highest BCUT2D eigenvalue weighted by atomic mass is 32.2. The number of carbonyl (C=O) groups is 2. The maximum Gasteiger partial charge on any atom is 0.321 e. The first-order chi connectivity index (χ1) is 11.5. The maximum absolute atomic E-state index is 11.7. The van der Waals surface area contributed by atoms with E-state index < -0.39 is 6.03 Å². The number of rotatable bonds is 8. The number of H-pyrrole nitrogens is 1. The molecule has 9 heteroatoms. The summed E-state index contributed by atoms with van der Waals surface area (Å²) in [5.74, 6) is 0.984. The molecule has 0 radical (unpaired) electrons. The lowest BCUT2D eigenvalue weighted by atomic mass is 10.1. The van der Waals surface area contributed by atoms with Crippen LogP contribution in [-0.4, -0.2) is 39.4 Å². The summed E-state index contributed by atoms with van der Waals surface area (Å²) in [6.45, 7) is 4.70. The number of nitrogens with zero attached hydrogens (tertiary/aromatic N) is 2. The number of aromatic amines is 1. The van der Waals surface area contributed by atoms with Gasteiger partial charge in [0.25, 0.3) is 0 Å². The van der Waals surface area contributed by atoms with E-state index in [1.807, 2.05) is 17.5 Å². The molecule has 3 N–H and O–H groups in total. The molecule has 0 fully saturated rings. The lowest BCUT2D eigenvalue weighted by Gasteiger charge is -2.07. The number of thioether (sulfide) groups is 1. The maximum atomic E-state index is 11.7. The number of nitrogens with one attached hydrogen (secondary N) is 3. The molecule has 0 spiro atoms. The SMILES string of the molecule is CC(C)CCNC(=O)NC(=O)CSc1n[nH]c(Cc2cccs2)n1. The average Bonchev–Trinajstić information content (AvgIpc) is 3.17. The van der Waals surface area contributed by atoms with Crippen molar-refractivity contribution in [3.8, 4) is 0 Å². The number of carbonyl (C=O) groups excluding carboxylic acids is 2. The Labute approximate surface area is 149 Å². The second-order valence-electron chi connectivity index (χ2n) is 5.60. The fraction of sp³-hybridized carbons (Fsp3) is 0.467. The van der Waals surface area contributed by atoms with E-state index in [0.717, 1.165) is 12.2 Å². The van der Waals surface area contributed by atoms with Crippen LogP contribution in [0.3, 0.4) is 0 Å². The van der Waals surface area contributed by atoms with Crippen LogP contribution in [0.4, 0.5) is 4.79 Å². The van der Waals surface area contributed by atoms with Crippen LogP contribution in [0, 0.1) is 5.92 Å². The van der Waals surface area contributed by atoms with Crippen molar-refractivity contribution in [3.05, 3.63) is 28.2 Å². The molecule has 24 heavy (non-hydrogen) atoms. The van der Waals surface area contributed by atoms with Gasteiger partial charge in [-0.2, -0.15) is 0 Å². The normalized spacial score (nSPS) is 10.8. The van der Waals surface area contributed by atoms with Gasteiger partial charge in [0.2, 0.25) is 11.1 Å². The lowest BCUT2D eigenvalue weighted by molar-refractivity contribution is -0.117. The van der Waals surface area contributed by atoms with Gasteiger partial charge in [0, 0.05) is 17.8 Å². The Morgan fingerprint density at radius 2 is 2.25 bits per heavy atom.